The van der Waals surface area contributed by atoms with E-state index in [1.807, 2.05) is 0 Å². The highest BCUT2D eigenvalue weighted by molar-refractivity contribution is 6.10. The van der Waals surface area contributed by atoms with E-state index in [2.05, 4.69) is 5.32 Å². The van der Waals surface area contributed by atoms with E-state index in [9.17, 15) is 33.3 Å². The Morgan fingerprint density at radius 2 is 1.65 bits per heavy atom. The van der Waals surface area contributed by atoms with Crippen molar-refractivity contribution in [3.05, 3.63) is 106 Å². The zero-order valence-electron chi connectivity index (χ0n) is 19.1. The van der Waals surface area contributed by atoms with Gasteiger partial charge in [0.2, 0.25) is 0 Å². The molecule has 0 fully saturated rings. The Labute approximate surface area is 208 Å². The summed E-state index contributed by atoms with van der Waals surface area (Å²) >= 11 is 0. The molecule has 2 N–H and O–H groups in total. The molecule has 0 saturated heterocycles. The van der Waals surface area contributed by atoms with Gasteiger partial charge in [-0.05, 0) is 36.4 Å². The van der Waals surface area contributed by atoms with Gasteiger partial charge in [-0.3, -0.25) is 19.7 Å². The lowest BCUT2D eigenvalue weighted by Crippen LogP contribution is -2.33. The Hall–Kier alpha value is -4.93. The number of hydrogen-bond acceptors (Lipinski definition) is 5. The van der Waals surface area contributed by atoms with Crippen LogP contribution in [0.2, 0.25) is 0 Å². The number of alkyl halides is 2. The van der Waals surface area contributed by atoms with Crippen molar-refractivity contribution in [2.75, 3.05) is 16.8 Å². The molecular formula is C26H19F2N3O6. The number of allylic oxidation sites excluding steroid dienone is 1. The molecule has 0 aliphatic carbocycles. The smallest absolute Gasteiger partial charge is 0.328 e. The maximum absolute atomic E-state index is 14.8. The Balaban J connectivity index is 1.60. The number of aliphatic carboxylic acids is 1. The number of fused-ring (bicyclic) bond motifs is 1. The van der Waals surface area contributed by atoms with Crippen LogP contribution in [0.15, 0.2) is 78.9 Å². The molecule has 1 heterocycles. The van der Waals surface area contributed by atoms with Gasteiger partial charge in [-0.25, -0.2) is 13.6 Å². The number of rotatable bonds is 5. The molecule has 11 heteroatoms. The molecule has 0 radical (unpaired) electrons. The van der Waals surface area contributed by atoms with Gasteiger partial charge >= 0.3 is 5.97 Å². The summed E-state index contributed by atoms with van der Waals surface area (Å²) in [6, 6.07) is 16.9. The summed E-state index contributed by atoms with van der Waals surface area (Å²) in [5.41, 5.74) is -0.708. The van der Waals surface area contributed by atoms with Crippen LogP contribution in [0.3, 0.4) is 0 Å². The van der Waals surface area contributed by atoms with Gasteiger partial charge in [-0.1, -0.05) is 30.3 Å². The number of carbonyl (C=O) groups is 3. The minimum absolute atomic E-state index is 0.0610. The largest absolute Gasteiger partial charge is 0.478 e. The number of benzene rings is 3. The molecule has 1 aliphatic heterocycles. The number of nitro groups is 1. The molecule has 0 aromatic heterocycles. The third-order valence-electron chi connectivity index (χ3n) is 5.78. The number of hydrogen-bond donors (Lipinski definition) is 2. The third-order valence-corrected chi connectivity index (χ3v) is 5.78. The standard InChI is InChI=1S/C26H19F2N3O6/c27-26(28)13-14-30(21-7-3-1-5-18(21)20(26)15-23(32)33)25(35)16-9-11-17(12-10-16)29-24(34)19-6-2-4-8-22(19)31(36)37/h1-12,15H,13-14H2,(H,29,34)(H,32,33)/b20-15-. The lowest BCUT2D eigenvalue weighted by Gasteiger charge is -2.23. The van der Waals surface area contributed by atoms with Gasteiger partial charge in [0, 0.05) is 47.5 Å². The molecule has 0 spiro atoms. The van der Waals surface area contributed by atoms with Crippen LogP contribution >= 0.6 is 0 Å². The number of nitrogens with zero attached hydrogens (tertiary/aromatic N) is 2. The average molecular weight is 507 g/mol. The van der Waals surface area contributed by atoms with Crippen molar-refractivity contribution >= 4 is 40.4 Å². The van der Waals surface area contributed by atoms with Crippen molar-refractivity contribution in [1.29, 1.82) is 0 Å². The number of nitro benzene ring substituents is 1. The molecule has 4 rings (SSSR count). The SMILES string of the molecule is O=C(O)/C=C1/c2ccccc2N(C(=O)c2ccc(NC(=O)c3ccccc3[N+](=O)[O-])cc2)CCC1(F)F. The second kappa shape index (κ2) is 9.97. The first-order valence-electron chi connectivity index (χ1n) is 11.0. The van der Waals surface area contributed by atoms with Crippen LogP contribution in [0.5, 0.6) is 0 Å². The van der Waals surface area contributed by atoms with E-state index in [0.29, 0.717) is 6.08 Å². The predicted octanol–water partition coefficient (Wildman–Crippen LogP) is 5.00. The van der Waals surface area contributed by atoms with Crippen LogP contribution in [0.1, 0.15) is 32.7 Å². The normalized spacial score (nSPS) is 15.4. The third kappa shape index (κ3) is 5.20. The molecule has 3 aromatic rings. The molecule has 0 bridgehead atoms. The van der Waals surface area contributed by atoms with Crippen LogP contribution in [0.4, 0.5) is 25.8 Å². The number of carboxylic acids is 1. The summed E-state index contributed by atoms with van der Waals surface area (Å²) in [6.07, 6.45) is -0.322. The fraction of sp³-hybridized carbons (Fsp3) is 0.115. The zero-order chi connectivity index (χ0) is 26.7. The van der Waals surface area contributed by atoms with Gasteiger partial charge in [0.05, 0.1) is 10.6 Å². The summed E-state index contributed by atoms with van der Waals surface area (Å²) in [4.78, 5) is 48.7. The second-order valence-corrected chi connectivity index (χ2v) is 8.13. The first-order chi connectivity index (χ1) is 17.6. The summed E-state index contributed by atoms with van der Waals surface area (Å²) < 4.78 is 29.7. The molecule has 9 nitrogen and oxygen atoms in total. The van der Waals surface area contributed by atoms with E-state index in [-0.39, 0.29) is 40.3 Å². The van der Waals surface area contributed by atoms with Gasteiger partial charge in [0.25, 0.3) is 23.4 Å². The van der Waals surface area contributed by atoms with E-state index in [4.69, 9.17) is 5.11 Å². The molecule has 188 valence electrons. The van der Waals surface area contributed by atoms with Crippen LogP contribution in [0, 0.1) is 10.1 Å². The Kier molecular flexibility index (Phi) is 6.79. The molecular weight excluding hydrogens is 488 g/mol. The van der Waals surface area contributed by atoms with Gasteiger partial charge in [-0.2, -0.15) is 0 Å². The number of carboxylic acid groups (broad SMARTS) is 1. The van der Waals surface area contributed by atoms with Crippen molar-refractivity contribution in [2.24, 2.45) is 0 Å². The fourth-order valence-electron chi connectivity index (χ4n) is 4.03. The van der Waals surface area contributed by atoms with Crippen LogP contribution in [0.25, 0.3) is 5.57 Å². The average Bonchev–Trinajstić information content (AvgIpc) is 2.98. The fourth-order valence-corrected chi connectivity index (χ4v) is 4.03. The summed E-state index contributed by atoms with van der Waals surface area (Å²) in [5, 5.41) is 22.8. The van der Waals surface area contributed by atoms with E-state index in [1.54, 1.807) is 6.07 Å². The molecule has 1 aliphatic rings. The predicted molar refractivity (Wildman–Crippen MR) is 131 cm³/mol. The quantitative estimate of drug-likeness (QED) is 0.284. The number of para-hydroxylation sites is 2. The van der Waals surface area contributed by atoms with Crippen LogP contribution in [-0.4, -0.2) is 40.3 Å². The van der Waals surface area contributed by atoms with Crippen LogP contribution < -0.4 is 10.2 Å². The number of nitrogens with one attached hydrogen (secondary N) is 1. The lowest BCUT2D eigenvalue weighted by atomic mass is 9.97. The highest BCUT2D eigenvalue weighted by Crippen LogP contribution is 2.43. The minimum atomic E-state index is -3.47. The maximum Gasteiger partial charge on any atom is 0.328 e. The Morgan fingerprint density at radius 3 is 2.32 bits per heavy atom. The summed E-state index contributed by atoms with van der Waals surface area (Å²) in [6.45, 7) is -0.365. The topological polar surface area (TPSA) is 130 Å². The van der Waals surface area contributed by atoms with Crippen molar-refractivity contribution in [3.63, 3.8) is 0 Å². The number of halogens is 2. The van der Waals surface area contributed by atoms with Crippen LogP contribution in [-0.2, 0) is 4.79 Å². The second-order valence-electron chi connectivity index (χ2n) is 8.13. The Morgan fingerprint density at radius 1 is 1.00 bits per heavy atom. The highest BCUT2D eigenvalue weighted by atomic mass is 19.3. The molecule has 0 unspecified atom stereocenters. The lowest BCUT2D eigenvalue weighted by molar-refractivity contribution is -0.385. The summed E-state index contributed by atoms with van der Waals surface area (Å²) in [7, 11) is 0. The number of anilines is 2. The van der Waals surface area contributed by atoms with Crippen molar-refractivity contribution in [1.82, 2.24) is 0 Å². The van der Waals surface area contributed by atoms with E-state index < -0.39 is 40.6 Å². The molecule has 2 amide bonds. The van der Waals surface area contributed by atoms with Crippen molar-refractivity contribution in [2.45, 2.75) is 12.3 Å². The zero-order valence-corrected chi connectivity index (χ0v) is 19.1. The highest BCUT2D eigenvalue weighted by Gasteiger charge is 2.41. The molecule has 37 heavy (non-hydrogen) atoms. The number of amides is 2. The maximum atomic E-state index is 14.8. The van der Waals surface area contributed by atoms with Gasteiger partial charge in [0.15, 0.2) is 0 Å². The minimum Gasteiger partial charge on any atom is -0.478 e. The van der Waals surface area contributed by atoms with Gasteiger partial charge in [0.1, 0.15) is 5.56 Å². The number of carbonyl (C=O) groups excluding carboxylic acids is 2. The molecule has 3 aromatic carbocycles. The van der Waals surface area contributed by atoms with Gasteiger partial charge < -0.3 is 15.3 Å². The monoisotopic (exact) mass is 507 g/mol. The van der Waals surface area contributed by atoms with E-state index >= 15 is 0 Å². The van der Waals surface area contributed by atoms with Crippen molar-refractivity contribution in [3.8, 4) is 0 Å². The van der Waals surface area contributed by atoms with E-state index in [0.717, 1.165) is 4.90 Å². The first kappa shape index (κ1) is 25.2. The first-order valence-corrected chi connectivity index (χ1v) is 11.0. The van der Waals surface area contributed by atoms with E-state index in [1.165, 1.54) is 66.7 Å². The molecule has 0 saturated carbocycles. The van der Waals surface area contributed by atoms with Gasteiger partial charge in [-0.15, -0.1) is 0 Å². The van der Waals surface area contributed by atoms with Crippen molar-refractivity contribution < 1.29 is 33.2 Å². The molecule has 0 atom stereocenters. The Bertz CT molecular complexity index is 1440. The summed E-state index contributed by atoms with van der Waals surface area (Å²) in [5.74, 6) is -6.32.